The molecule has 1 saturated heterocycles. The summed E-state index contributed by atoms with van der Waals surface area (Å²) in [5, 5.41) is 0. The molecule has 25 heavy (non-hydrogen) atoms. The average Bonchev–Trinajstić information content (AvgIpc) is 3.25. The summed E-state index contributed by atoms with van der Waals surface area (Å²) in [4.78, 5) is 1.25. The van der Waals surface area contributed by atoms with Gasteiger partial charge >= 0.3 is 0 Å². The van der Waals surface area contributed by atoms with E-state index in [1.807, 2.05) is 13.0 Å². The summed E-state index contributed by atoms with van der Waals surface area (Å²) >= 11 is 1.26. The maximum Gasteiger partial charge on any atom is 0.252 e. The van der Waals surface area contributed by atoms with Crippen molar-refractivity contribution in [2.45, 2.75) is 41.3 Å². The highest BCUT2D eigenvalue weighted by molar-refractivity contribution is 7.92. The van der Waals surface area contributed by atoms with Gasteiger partial charge in [-0.15, -0.1) is 11.3 Å². The second kappa shape index (κ2) is 7.19. The lowest BCUT2D eigenvalue weighted by Gasteiger charge is -2.23. The Bertz CT molecular complexity index is 933. The van der Waals surface area contributed by atoms with E-state index in [0.29, 0.717) is 23.6 Å². The van der Waals surface area contributed by atoms with Gasteiger partial charge in [0, 0.05) is 17.5 Å². The molecule has 1 aromatic carbocycles. The molecule has 0 amide bonds. The van der Waals surface area contributed by atoms with E-state index in [1.165, 1.54) is 15.6 Å². The van der Waals surface area contributed by atoms with Crippen molar-refractivity contribution >= 4 is 31.2 Å². The summed E-state index contributed by atoms with van der Waals surface area (Å²) < 4.78 is 52.8. The highest BCUT2D eigenvalue weighted by Crippen LogP contribution is 2.31. The van der Waals surface area contributed by atoms with Crippen molar-refractivity contribution in [2.24, 2.45) is 0 Å². The minimum atomic E-state index is -3.64. The molecular formula is C17H21NO4S3. The first-order valence-electron chi connectivity index (χ1n) is 8.23. The Labute approximate surface area is 153 Å². The number of thiophene rings is 1. The van der Waals surface area contributed by atoms with Crippen LogP contribution in [0.15, 0.2) is 51.6 Å². The zero-order chi connectivity index (χ0) is 18.1. The van der Waals surface area contributed by atoms with Gasteiger partial charge in [-0.3, -0.25) is 0 Å². The van der Waals surface area contributed by atoms with Crippen LogP contribution in [0.4, 0.5) is 0 Å². The largest absolute Gasteiger partial charge is 0.252 e. The average molecular weight is 400 g/mol. The van der Waals surface area contributed by atoms with Gasteiger partial charge in [0.1, 0.15) is 4.21 Å². The van der Waals surface area contributed by atoms with Gasteiger partial charge < -0.3 is 0 Å². The van der Waals surface area contributed by atoms with Gasteiger partial charge in [-0.2, -0.15) is 4.31 Å². The summed E-state index contributed by atoms with van der Waals surface area (Å²) in [5.74, 6) is -0.178. The van der Waals surface area contributed by atoms with Crippen molar-refractivity contribution in [3.8, 4) is 0 Å². The Morgan fingerprint density at radius 3 is 2.44 bits per heavy atom. The van der Waals surface area contributed by atoms with Crippen molar-refractivity contribution in [2.75, 3.05) is 12.3 Å². The first-order valence-corrected chi connectivity index (χ1v) is 12.1. The minimum absolute atomic E-state index is 0.178. The summed E-state index contributed by atoms with van der Waals surface area (Å²) in [7, 11) is -7.17. The quantitative estimate of drug-likeness (QED) is 0.749. The maximum atomic E-state index is 12.9. The first kappa shape index (κ1) is 18.6. The van der Waals surface area contributed by atoms with E-state index in [1.54, 1.807) is 36.4 Å². The standard InChI is InChI=1S/C17H21NO4S3/c1-2-15-10-11-17(23-15)25(21,22)18-12-6-7-14(18)13-24(19,20)16-8-4-3-5-9-16/h3-5,8-11,14H,2,6-7,12-13H2,1H3/t14-/m0/s1. The number of aryl methyl sites for hydroxylation is 1. The molecule has 0 radical (unpaired) electrons. The number of nitrogens with zero attached hydrogens (tertiary/aromatic N) is 1. The van der Waals surface area contributed by atoms with Gasteiger partial charge in [-0.05, 0) is 43.5 Å². The molecule has 0 unspecified atom stereocenters. The Balaban J connectivity index is 1.85. The molecule has 3 rings (SSSR count). The fourth-order valence-electron chi connectivity index (χ4n) is 3.07. The molecule has 0 saturated carbocycles. The molecule has 0 spiro atoms. The molecule has 1 atom stereocenters. The lowest BCUT2D eigenvalue weighted by atomic mass is 10.3. The van der Waals surface area contributed by atoms with E-state index < -0.39 is 25.9 Å². The predicted octanol–water partition coefficient (Wildman–Crippen LogP) is 2.94. The van der Waals surface area contributed by atoms with Crippen LogP contribution in [0.25, 0.3) is 0 Å². The molecule has 0 aliphatic carbocycles. The molecular weight excluding hydrogens is 378 g/mol. The van der Waals surface area contributed by atoms with E-state index in [2.05, 4.69) is 0 Å². The van der Waals surface area contributed by atoms with Crippen LogP contribution >= 0.6 is 11.3 Å². The highest BCUT2D eigenvalue weighted by Gasteiger charge is 2.38. The van der Waals surface area contributed by atoms with E-state index in [4.69, 9.17) is 0 Å². The number of rotatable bonds is 6. The molecule has 136 valence electrons. The monoisotopic (exact) mass is 399 g/mol. The van der Waals surface area contributed by atoms with Gasteiger partial charge in [-0.1, -0.05) is 25.1 Å². The minimum Gasteiger partial charge on any atom is -0.224 e. The highest BCUT2D eigenvalue weighted by atomic mass is 32.2. The van der Waals surface area contributed by atoms with Gasteiger partial charge in [0.15, 0.2) is 9.84 Å². The second-order valence-electron chi connectivity index (χ2n) is 6.08. The predicted molar refractivity (Wildman–Crippen MR) is 99.1 cm³/mol. The third kappa shape index (κ3) is 3.81. The van der Waals surface area contributed by atoms with Crippen LogP contribution in [0.2, 0.25) is 0 Å². The number of hydrogen-bond donors (Lipinski definition) is 0. The Kier molecular flexibility index (Phi) is 5.34. The number of sulfonamides is 1. The molecule has 1 aliphatic heterocycles. The SMILES string of the molecule is CCc1ccc(S(=O)(=O)N2CCC[C@H]2CS(=O)(=O)c2ccccc2)s1. The third-order valence-electron chi connectivity index (χ3n) is 4.39. The van der Waals surface area contributed by atoms with Crippen LogP contribution in [0.5, 0.6) is 0 Å². The van der Waals surface area contributed by atoms with E-state index in [-0.39, 0.29) is 10.6 Å². The zero-order valence-electron chi connectivity index (χ0n) is 14.0. The zero-order valence-corrected chi connectivity index (χ0v) is 16.4. The summed E-state index contributed by atoms with van der Waals surface area (Å²) in [6, 6.07) is 11.1. The van der Waals surface area contributed by atoms with Crippen LogP contribution in [-0.2, 0) is 26.3 Å². The summed E-state index contributed by atoms with van der Waals surface area (Å²) in [6.07, 6.45) is 2.03. The fraction of sp³-hybridized carbons (Fsp3) is 0.412. The van der Waals surface area contributed by atoms with Gasteiger partial charge in [0.2, 0.25) is 0 Å². The normalized spacial score (nSPS) is 19.3. The van der Waals surface area contributed by atoms with E-state index >= 15 is 0 Å². The van der Waals surface area contributed by atoms with Crippen molar-refractivity contribution in [3.05, 3.63) is 47.3 Å². The summed E-state index contributed by atoms with van der Waals surface area (Å²) in [5.41, 5.74) is 0. The van der Waals surface area contributed by atoms with Gasteiger partial charge in [-0.25, -0.2) is 16.8 Å². The van der Waals surface area contributed by atoms with Crippen LogP contribution in [0, 0.1) is 0 Å². The molecule has 5 nitrogen and oxygen atoms in total. The van der Waals surface area contributed by atoms with Crippen LogP contribution in [0.1, 0.15) is 24.6 Å². The van der Waals surface area contributed by atoms with Crippen LogP contribution in [-0.4, -0.2) is 39.5 Å². The number of sulfone groups is 1. The summed E-state index contributed by atoms with van der Waals surface area (Å²) in [6.45, 7) is 2.35. The molecule has 2 aromatic rings. The number of benzene rings is 1. The van der Waals surface area contributed by atoms with Crippen molar-refractivity contribution in [1.29, 1.82) is 0 Å². The second-order valence-corrected chi connectivity index (χ2v) is 11.4. The Hall–Kier alpha value is -1.22. The van der Waals surface area contributed by atoms with Gasteiger partial charge in [0.25, 0.3) is 10.0 Å². The van der Waals surface area contributed by atoms with Crippen molar-refractivity contribution < 1.29 is 16.8 Å². The third-order valence-corrected chi connectivity index (χ3v) is 9.85. The van der Waals surface area contributed by atoms with E-state index in [0.717, 1.165) is 11.3 Å². The lowest BCUT2D eigenvalue weighted by molar-refractivity contribution is 0.409. The topological polar surface area (TPSA) is 71.5 Å². The first-order chi connectivity index (χ1) is 11.8. The van der Waals surface area contributed by atoms with Crippen LogP contribution < -0.4 is 0 Å². The van der Waals surface area contributed by atoms with E-state index in [9.17, 15) is 16.8 Å². The molecule has 1 aliphatic rings. The molecule has 1 aromatic heterocycles. The molecule has 1 fully saturated rings. The van der Waals surface area contributed by atoms with Crippen molar-refractivity contribution in [3.63, 3.8) is 0 Å². The maximum absolute atomic E-state index is 12.9. The van der Waals surface area contributed by atoms with Crippen LogP contribution in [0.3, 0.4) is 0 Å². The molecule has 2 heterocycles. The Morgan fingerprint density at radius 2 is 1.80 bits per heavy atom. The van der Waals surface area contributed by atoms with Crippen molar-refractivity contribution in [1.82, 2.24) is 4.31 Å². The molecule has 0 N–H and O–H groups in total. The lowest BCUT2D eigenvalue weighted by Crippen LogP contribution is -2.39. The molecule has 0 bridgehead atoms. The Morgan fingerprint density at radius 1 is 1.08 bits per heavy atom. The smallest absolute Gasteiger partial charge is 0.224 e. The fourth-order valence-corrected chi connectivity index (χ4v) is 7.90. The molecule has 8 heteroatoms. The van der Waals surface area contributed by atoms with Gasteiger partial charge in [0.05, 0.1) is 10.6 Å². The number of hydrogen-bond acceptors (Lipinski definition) is 5.